The van der Waals surface area contributed by atoms with Crippen molar-refractivity contribution < 1.29 is 18.9 Å². The molecule has 0 aliphatic heterocycles. The Morgan fingerprint density at radius 2 is 0.500 bits per heavy atom. The van der Waals surface area contributed by atoms with Crippen molar-refractivity contribution in [3.05, 3.63) is 165 Å². The molecule has 0 radical (unpaired) electrons. The van der Waals surface area contributed by atoms with Crippen LogP contribution in [-0.4, -0.2) is 0 Å². The number of benzene rings is 9. The second-order valence-electron chi connectivity index (χ2n) is 21.7. The summed E-state index contributed by atoms with van der Waals surface area (Å²) in [5.74, 6) is 5.67. The predicted octanol–water partition coefficient (Wildman–Crippen LogP) is 19.6. The molecule has 9 rings (SSSR count). The monoisotopic (exact) mass is 1000 g/mol. The van der Waals surface area contributed by atoms with Crippen LogP contribution in [0.4, 0.5) is 0 Å². The minimum atomic E-state index is -0.00660. The summed E-state index contributed by atoms with van der Waals surface area (Å²) in [6.07, 6.45) is 0. The molecule has 0 N–H and O–H groups in total. The molecule has 0 aliphatic rings. The van der Waals surface area contributed by atoms with Crippen LogP contribution in [-0.2, 0) is 21.7 Å². The first-order chi connectivity index (χ1) is 31.0. The maximum atomic E-state index is 7.08. The first kappa shape index (κ1) is 45.6. The fourth-order valence-corrected chi connectivity index (χ4v) is 9.86. The zero-order valence-electron chi connectivity index (χ0n) is 40.1. The van der Waals surface area contributed by atoms with E-state index in [1.54, 1.807) is 0 Å². The summed E-state index contributed by atoms with van der Waals surface area (Å²) < 4.78 is 30.0. The van der Waals surface area contributed by atoms with Crippen LogP contribution in [0.5, 0.6) is 46.0 Å². The molecule has 0 unspecified atom stereocenters. The summed E-state index contributed by atoms with van der Waals surface area (Å²) in [6, 6.07) is 46.3. The number of hydrogen-bond acceptors (Lipinski definition) is 4. The van der Waals surface area contributed by atoms with Gasteiger partial charge in [-0.1, -0.05) is 163 Å². The van der Waals surface area contributed by atoms with Gasteiger partial charge in [0.25, 0.3) is 0 Å². The average molecular weight is 1000 g/mol. The molecule has 0 spiro atoms. The molecule has 9 aromatic carbocycles. The standard InChI is InChI=1S/C60H58Br2O4/c1-57(2,3)35-13-21-39(22-14-35)63-47-31-29-43-45(61)33-49(65-41-25-17-37(18-26-41)59(7,8)9)55-51(43)53(47)54-48(64-40-23-15-36(16-24-40)58(4,5)6)32-30-44-46(62)34-50(56(55)52(44)54)66-42-27-19-38(20-28-42)60(10,11)12/h13-34H,1-12H3. The summed E-state index contributed by atoms with van der Waals surface area (Å²) in [5, 5.41) is 7.50. The Balaban J connectivity index is 1.39. The number of halogens is 2. The first-order valence-electron chi connectivity index (χ1n) is 22.8. The molecule has 0 saturated carbocycles. The zero-order valence-corrected chi connectivity index (χ0v) is 43.3. The molecular weight excluding hydrogens is 944 g/mol. The highest BCUT2D eigenvalue weighted by Crippen LogP contribution is 2.56. The van der Waals surface area contributed by atoms with Gasteiger partial charge in [0.05, 0.1) is 0 Å². The fraction of sp³-hybridized carbons (Fsp3) is 0.267. The number of rotatable bonds is 8. The molecule has 6 heteroatoms. The van der Waals surface area contributed by atoms with E-state index < -0.39 is 0 Å². The zero-order chi connectivity index (χ0) is 47.1. The van der Waals surface area contributed by atoms with Gasteiger partial charge in [-0.15, -0.1) is 0 Å². The van der Waals surface area contributed by atoms with E-state index in [0.717, 1.165) is 75.0 Å². The Labute approximate surface area is 406 Å². The summed E-state index contributed by atoms with van der Waals surface area (Å²) >= 11 is 8.05. The van der Waals surface area contributed by atoms with Crippen LogP contribution in [0, 0.1) is 0 Å². The molecule has 0 bridgehead atoms. The van der Waals surface area contributed by atoms with E-state index >= 15 is 0 Å². The summed E-state index contributed by atoms with van der Waals surface area (Å²) in [7, 11) is 0. The Hall–Kier alpha value is -5.56. The average Bonchev–Trinajstić information content (AvgIpc) is 3.24. The molecule has 0 atom stereocenters. The quantitative estimate of drug-likeness (QED) is 0.112. The van der Waals surface area contributed by atoms with Crippen molar-refractivity contribution in [3.8, 4) is 46.0 Å². The van der Waals surface area contributed by atoms with Gasteiger partial charge in [-0.05, 0) is 140 Å². The highest BCUT2D eigenvalue weighted by molar-refractivity contribution is 9.11. The largest absolute Gasteiger partial charge is 0.457 e. The van der Waals surface area contributed by atoms with Crippen LogP contribution in [0.1, 0.15) is 105 Å². The molecule has 66 heavy (non-hydrogen) atoms. The Bertz CT molecular complexity index is 3010. The van der Waals surface area contributed by atoms with E-state index in [2.05, 4.69) is 248 Å². The van der Waals surface area contributed by atoms with E-state index in [-0.39, 0.29) is 21.7 Å². The van der Waals surface area contributed by atoms with Gasteiger partial charge < -0.3 is 18.9 Å². The highest BCUT2D eigenvalue weighted by Gasteiger charge is 2.28. The molecule has 336 valence electrons. The Morgan fingerprint density at radius 1 is 0.273 bits per heavy atom. The lowest BCUT2D eigenvalue weighted by atomic mass is 9.87. The van der Waals surface area contributed by atoms with Gasteiger partial charge in [0, 0.05) is 41.3 Å². The van der Waals surface area contributed by atoms with E-state index in [1.807, 2.05) is 0 Å². The smallest absolute Gasteiger partial charge is 0.137 e. The van der Waals surface area contributed by atoms with E-state index in [9.17, 15) is 0 Å². The third-order valence-electron chi connectivity index (χ3n) is 12.6. The second kappa shape index (κ2) is 16.6. The van der Waals surface area contributed by atoms with Gasteiger partial charge in [-0.25, -0.2) is 0 Å². The van der Waals surface area contributed by atoms with E-state index in [0.29, 0.717) is 23.0 Å². The van der Waals surface area contributed by atoms with Crippen LogP contribution in [0.3, 0.4) is 0 Å². The van der Waals surface area contributed by atoms with E-state index in [1.165, 1.54) is 22.3 Å². The lowest BCUT2D eigenvalue weighted by Gasteiger charge is -2.24. The normalized spacial score (nSPS) is 12.7. The minimum absolute atomic E-state index is 0.00338. The Kier molecular flexibility index (Phi) is 11.5. The van der Waals surface area contributed by atoms with Gasteiger partial charge in [-0.3, -0.25) is 0 Å². The van der Waals surface area contributed by atoms with Gasteiger partial charge in [0.15, 0.2) is 0 Å². The number of ether oxygens (including phenoxy) is 4. The predicted molar refractivity (Wildman–Crippen MR) is 284 cm³/mol. The highest BCUT2D eigenvalue weighted by atomic mass is 79.9. The molecule has 0 amide bonds. The summed E-state index contributed by atoms with van der Waals surface area (Å²) in [4.78, 5) is 0. The molecule has 0 heterocycles. The van der Waals surface area contributed by atoms with E-state index in [4.69, 9.17) is 18.9 Å². The molecule has 0 saturated heterocycles. The number of fused-ring (bicyclic) bond motifs is 2. The molecule has 4 nitrogen and oxygen atoms in total. The van der Waals surface area contributed by atoms with Crippen LogP contribution in [0.25, 0.3) is 43.1 Å². The van der Waals surface area contributed by atoms with Crippen molar-refractivity contribution in [2.45, 2.75) is 105 Å². The van der Waals surface area contributed by atoms with Crippen molar-refractivity contribution in [1.29, 1.82) is 0 Å². The summed E-state index contributed by atoms with van der Waals surface area (Å²) in [6.45, 7) is 26.7. The second-order valence-corrected chi connectivity index (χ2v) is 23.4. The van der Waals surface area contributed by atoms with Crippen LogP contribution in [0.2, 0.25) is 0 Å². The van der Waals surface area contributed by atoms with Crippen molar-refractivity contribution in [3.63, 3.8) is 0 Å². The van der Waals surface area contributed by atoms with Crippen molar-refractivity contribution >= 4 is 74.9 Å². The third-order valence-corrected chi connectivity index (χ3v) is 14.0. The first-order valence-corrected chi connectivity index (χ1v) is 24.4. The van der Waals surface area contributed by atoms with Crippen molar-refractivity contribution in [2.24, 2.45) is 0 Å². The number of hydrogen-bond donors (Lipinski definition) is 0. The van der Waals surface area contributed by atoms with Crippen LogP contribution >= 0.6 is 31.9 Å². The third kappa shape index (κ3) is 8.75. The molecule has 0 aromatic heterocycles. The maximum Gasteiger partial charge on any atom is 0.137 e. The maximum absolute atomic E-state index is 7.08. The lowest BCUT2D eigenvalue weighted by Crippen LogP contribution is -2.10. The van der Waals surface area contributed by atoms with Gasteiger partial charge in [0.1, 0.15) is 46.0 Å². The van der Waals surface area contributed by atoms with Gasteiger partial charge >= 0.3 is 0 Å². The van der Waals surface area contributed by atoms with Crippen LogP contribution < -0.4 is 18.9 Å². The minimum Gasteiger partial charge on any atom is -0.457 e. The SMILES string of the molecule is CC(C)(C)c1ccc(Oc2ccc3c(Br)cc(Oc4ccc(C(C)(C)C)cc4)c4c5c(Oc6ccc(C(C)(C)C)cc6)cc(Br)c6ccc(Oc7ccc(C(C)(C)C)cc7)c(c2c34)c65)cc1. The molecule has 9 aromatic rings. The molecular formula is C60H58Br2O4. The molecule has 0 fully saturated rings. The summed E-state index contributed by atoms with van der Waals surface area (Å²) in [5.41, 5.74) is 4.90. The fourth-order valence-electron chi connectivity index (χ4n) is 8.78. The van der Waals surface area contributed by atoms with Crippen molar-refractivity contribution in [1.82, 2.24) is 0 Å². The topological polar surface area (TPSA) is 36.9 Å². The van der Waals surface area contributed by atoms with Gasteiger partial charge in [0.2, 0.25) is 0 Å². The van der Waals surface area contributed by atoms with Crippen molar-refractivity contribution in [2.75, 3.05) is 0 Å². The van der Waals surface area contributed by atoms with Crippen LogP contribution in [0.15, 0.2) is 142 Å². The lowest BCUT2D eigenvalue weighted by molar-refractivity contribution is 0.481. The molecule has 0 aliphatic carbocycles. The Morgan fingerprint density at radius 3 is 0.742 bits per heavy atom. The van der Waals surface area contributed by atoms with Gasteiger partial charge in [-0.2, -0.15) is 0 Å².